The fraction of sp³-hybridized carbons (Fsp3) is 0.636. The van der Waals surface area contributed by atoms with E-state index < -0.39 is 12.7 Å². The predicted octanol–water partition coefficient (Wildman–Crippen LogP) is 2.64. The summed E-state index contributed by atoms with van der Waals surface area (Å²) in [7, 11) is 3.03. The minimum Gasteiger partial charge on any atom is -0.373 e. The van der Waals surface area contributed by atoms with Gasteiger partial charge in [-0.3, -0.25) is 0 Å². The minimum atomic E-state index is -4.25. The second-order valence-corrected chi connectivity index (χ2v) is 4.35. The highest BCUT2D eigenvalue weighted by atomic mass is 19.4. The summed E-state index contributed by atoms with van der Waals surface area (Å²) < 4.78 is 37.0. The minimum absolute atomic E-state index is 0.0522. The highest BCUT2D eigenvalue weighted by Crippen LogP contribution is 2.22. The quantitative estimate of drug-likeness (QED) is 0.905. The second-order valence-electron chi connectivity index (χ2n) is 4.35. The zero-order valence-electron chi connectivity index (χ0n) is 10.8. The van der Waals surface area contributed by atoms with Crippen LogP contribution in [0.4, 0.5) is 24.8 Å². The zero-order chi connectivity index (χ0) is 13.9. The first kappa shape index (κ1) is 14.5. The van der Waals surface area contributed by atoms with Gasteiger partial charge in [0.15, 0.2) is 0 Å². The molecule has 0 spiro atoms. The van der Waals surface area contributed by atoms with Crippen LogP contribution in [-0.2, 0) is 0 Å². The van der Waals surface area contributed by atoms with Gasteiger partial charge in [0.1, 0.15) is 24.0 Å². The van der Waals surface area contributed by atoms with Crippen LogP contribution in [-0.4, -0.2) is 36.8 Å². The first-order valence-corrected chi connectivity index (χ1v) is 5.57. The van der Waals surface area contributed by atoms with Gasteiger partial charge in [-0.2, -0.15) is 13.2 Å². The van der Waals surface area contributed by atoms with Crippen molar-refractivity contribution in [2.45, 2.75) is 25.9 Å². The second kappa shape index (κ2) is 5.41. The molecule has 1 aromatic heterocycles. The number of nitrogens with one attached hydrogen (secondary N) is 1. The summed E-state index contributed by atoms with van der Waals surface area (Å²) in [5, 5.41) is 2.82. The maximum absolute atomic E-state index is 12.3. The van der Waals surface area contributed by atoms with Crippen LogP contribution in [0.5, 0.6) is 0 Å². The highest BCUT2D eigenvalue weighted by molar-refractivity contribution is 5.49. The summed E-state index contributed by atoms with van der Waals surface area (Å²) in [5.41, 5.74) is 0. The smallest absolute Gasteiger partial charge is 0.373 e. The van der Waals surface area contributed by atoms with Crippen LogP contribution in [0.3, 0.4) is 0 Å². The number of alkyl halides is 3. The molecule has 0 atom stereocenters. The van der Waals surface area contributed by atoms with Gasteiger partial charge in [0.2, 0.25) is 0 Å². The van der Waals surface area contributed by atoms with Crippen molar-refractivity contribution in [2.75, 3.05) is 30.9 Å². The van der Waals surface area contributed by atoms with Gasteiger partial charge in [0, 0.05) is 26.1 Å². The summed E-state index contributed by atoms with van der Waals surface area (Å²) in [5.74, 6) is 1.34. The number of hydrogen-bond donors (Lipinski definition) is 1. The topological polar surface area (TPSA) is 41.0 Å². The summed E-state index contributed by atoms with van der Waals surface area (Å²) in [6.07, 6.45) is -4.25. The molecular formula is C11H17F3N4. The Labute approximate surface area is 104 Å². The average Bonchev–Trinajstić information content (AvgIpc) is 2.26. The number of hydrogen-bond acceptors (Lipinski definition) is 4. The number of aromatic nitrogens is 2. The molecule has 0 aliphatic heterocycles. The molecule has 0 saturated heterocycles. The molecule has 1 rings (SSSR count). The van der Waals surface area contributed by atoms with E-state index in [1.807, 2.05) is 13.8 Å². The molecule has 18 heavy (non-hydrogen) atoms. The monoisotopic (exact) mass is 262 g/mol. The van der Waals surface area contributed by atoms with E-state index in [0.717, 1.165) is 4.90 Å². The van der Waals surface area contributed by atoms with Crippen LogP contribution < -0.4 is 10.2 Å². The van der Waals surface area contributed by atoms with Gasteiger partial charge in [-0.1, -0.05) is 13.8 Å². The Hall–Kier alpha value is -1.53. The maximum atomic E-state index is 12.3. The average molecular weight is 262 g/mol. The molecule has 1 N–H and O–H groups in total. The fourth-order valence-corrected chi connectivity index (χ4v) is 1.38. The van der Waals surface area contributed by atoms with Crippen LogP contribution in [0, 0.1) is 0 Å². The molecule has 0 fully saturated rings. The van der Waals surface area contributed by atoms with Gasteiger partial charge in [-0.05, 0) is 0 Å². The summed E-state index contributed by atoms with van der Waals surface area (Å²) in [6, 6.07) is 1.50. The first-order chi connectivity index (χ1) is 8.23. The number of anilines is 2. The normalized spacial score (nSPS) is 11.8. The van der Waals surface area contributed by atoms with Crippen LogP contribution in [0.1, 0.15) is 25.6 Å². The zero-order valence-corrected chi connectivity index (χ0v) is 10.8. The third kappa shape index (κ3) is 4.05. The van der Waals surface area contributed by atoms with Gasteiger partial charge in [-0.15, -0.1) is 0 Å². The van der Waals surface area contributed by atoms with Crippen molar-refractivity contribution in [3.05, 3.63) is 11.9 Å². The van der Waals surface area contributed by atoms with Crippen LogP contribution in [0.25, 0.3) is 0 Å². The predicted molar refractivity (Wildman–Crippen MR) is 65.0 cm³/mol. The highest BCUT2D eigenvalue weighted by Gasteiger charge is 2.30. The summed E-state index contributed by atoms with van der Waals surface area (Å²) >= 11 is 0. The van der Waals surface area contributed by atoms with Gasteiger partial charge >= 0.3 is 6.18 Å². The Morgan fingerprint density at radius 1 is 1.33 bits per heavy atom. The largest absolute Gasteiger partial charge is 0.405 e. The Morgan fingerprint density at radius 3 is 2.39 bits per heavy atom. The summed E-state index contributed by atoms with van der Waals surface area (Å²) in [6.45, 7) is 2.75. The lowest BCUT2D eigenvalue weighted by atomic mass is 10.2. The molecule has 0 saturated carbocycles. The lowest BCUT2D eigenvalue weighted by Gasteiger charge is -2.21. The van der Waals surface area contributed by atoms with E-state index in [-0.39, 0.29) is 11.7 Å². The molecule has 0 amide bonds. The van der Waals surface area contributed by atoms with Crippen LogP contribution in [0.15, 0.2) is 6.07 Å². The molecule has 1 aromatic rings. The van der Waals surface area contributed by atoms with Crippen molar-refractivity contribution < 1.29 is 13.2 Å². The van der Waals surface area contributed by atoms with Crippen LogP contribution in [0.2, 0.25) is 0 Å². The van der Waals surface area contributed by atoms with Crippen molar-refractivity contribution in [1.29, 1.82) is 0 Å². The third-order valence-corrected chi connectivity index (χ3v) is 2.31. The third-order valence-electron chi connectivity index (χ3n) is 2.31. The molecule has 0 unspecified atom stereocenters. The molecule has 1 heterocycles. The molecule has 0 bridgehead atoms. The lowest BCUT2D eigenvalue weighted by Crippen LogP contribution is -2.31. The van der Waals surface area contributed by atoms with Gasteiger partial charge in [0.05, 0.1) is 0 Å². The van der Waals surface area contributed by atoms with Crippen LogP contribution >= 0.6 is 0 Å². The van der Waals surface area contributed by atoms with E-state index in [9.17, 15) is 13.2 Å². The summed E-state index contributed by atoms with van der Waals surface area (Å²) in [4.78, 5) is 9.40. The van der Waals surface area contributed by atoms with Gasteiger partial charge in [-0.25, -0.2) is 9.97 Å². The van der Waals surface area contributed by atoms with E-state index in [2.05, 4.69) is 15.3 Å². The van der Waals surface area contributed by atoms with E-state index in [4.69, 9.17) is 0 Å². The van der Waals surface area contributed by atoms with E-state index >= 15 is 0 Å². The molecule has 0 aromatic carbocycles. The van der Waals surface area contributed by atoms with Crippen molar-refractivity contribution in [3.8, 4) is 0 Å². The molecular weight excluding hydrogens is 245 g/mol. The Balaban J connectivity index is 3.04. The van der Waals surface area contributed by atoms with E-state index in [1.165, 1.54) is 13.1 Å². The first-order valence-electron chi connectivity index (χ1n) is 5.57. The van der Waals surface area contributed by atoms with Crippen molar-refractivity contribution in [1.82, 2.24) is 9.97 Å². The van der Waals surface area contributed by atoms with Crippen molar-refractivity contribution in [3.63, 3.8) is 0 Å². The number of nitrogens with zero attached hydrogens (tertiary/aromatic N) is 3. The lowest BCUT2D eigenvalue weighted by molar-refractivity contribution is -0.119. The SMILES string of the molecule is CNc1cc(N(C)CC(F)(F)F)nc(C(C)C)n1. The number of rotatable bonds is 4. The van der Waals surface area contributed by atoms with E-state index in [0.29, 0.717) is 11.6 Å². The Kier molecular flexibility index (Phi) is 4.37. The molecule has 102 valence electrons. The van der Waals surface area contributed by atoms with Crippen molar-refractivity contribution in [2.24, 2.45) is 0 Å². The maximum Gasteiger partial charge on any atom is 0.405 e. The number of halogens is 3. The van der Waals surface area contributed by atoms with Gasteiger partial charge < -0.3 is 10.2 Å². The molecule has 0 aliphatic carbocycles. The Bertz CT molecular complexity index is 404. The Morgan fingerprint density at radius 2 is 1.94 bits per heavy atom. The van der Waals surface area contributed by atoms with Gasteiger partial charge in [0.25, 0.3) is 0 Å². The molecule has 4 nitrogen and oxygen atoms in total. The van der Waals surface area contributed by atoms with Crippen molar-refractivity contribution >= 4 is 11.6 Å². The fourth-order valence-electron chi connectivity index (χ4n) is 1.38. The molecule has 7 heteroatoms. The molecule has 0 radical (unpaired) electrons. The molecule has 0 aliphatic rings. The standard InChI is InChI=1S/C11H17F3N4/c1-7(2)10-16-8(15-3)5-9(17-10)18(4)6-11(12,13)14/h5,7H,6H2,1-4H3,(H,15,16,17). The van der Waals surface area contributed by atoms with E-state index in [1.54, 1.807) is 7.05 Å².